The van der Waals surface area contributed by atoms with Crippen LogP contribution in [0.15, 0.2) is 18.2 Å². The van der Waals surface area contributed by atoms with Crippen LogP contribution in [-0.4, -0.2) is 47.0 Å². The number of amides is 2. The van der Waals surface area contributed by atoms with E-state index in [0.717, 1.165) is 6.07 Å². The van der Waals surface area contributed by atoms with Gasteiger partial charge in [0.05, 0.1) is 17.2 Å². The van der Waals surface area contributed by atoms with E-state index in [-0.39, 0.29) is 35.3 Å². The van der Waals surface area contributed by atoms with Gasteiger partial charge in [0.2, 0.25) is 0 Å². The van der Waals surface area contributed by atoms with Gasteiger partial charge < -0.3 is 20.3 Å². The molecule has 0 bridgehead atoms. The number of ketones is 1. The number of halogens is 1. The third-order valence-electron chi connectivity index (χ3n) is 6.12. The number of anilines is 1. The molecule has 1 fully saturated rings. The molecule has 188 valence electrons. The number of hydrogen-bond donors (Lipinski definition) is 3. The van der Waals surface area contributed by atoms with Gasteiger partial charge >= 0.3 is 0 Å². The highest BCUT2D eigenvalue weighted by Crippen LogP contribution is 2.32. The van der Waals surface area contributed by atoms with Crippen molar-refractivity contribution in [3.8, 4) is 17.5 Å². The van der Waals surface area contributed by atoms with Gasteiger partial charge in [0.25, 0.3) is 17.6 Å². The maximum absolute atomic E-state index is 13.6. The molecule has 1 aliphatic carbocycles. The second-order valence-electron chi connectivity index (χ2n) is 10.2. The molecule has 0 aliphatic heterocycles. The van der Waals surface area contributed by atoms with Crippen LogP contribution in [0.2, 0.25) is 19.6 Å². The van der Waals surface area contributed by atoms with E-state index < -0.39 is 43.1 Å². The third kappa shape index (κ3) is 5.40. The van der Waals surface area contributed by atoms with E-state index in [4.69, 9.17) is 5.26 Å². The lowest BCUT2D eigenvalue weighted by atomic mass is 9.75. The topological polar surface area (TPSA) is 124 Å². The molecule has 3 rings (SSSR count). The van der Waals surface area contributed by atoms with Gasteiger partial charge in [-0.2, -0.15) is 5.26 Å². The van der Waals surface area contributed by atoms with Crippen LogP contribution in [0.4, 0.5) is 10.1 Å². The number of carbonyl (C=O) groups is 3. The lowest BCUT2D eigenvalue weighted by molar-refractivity contribution is -0.120. The summed E-state index contributed by atoms with van der Waals surface area (Å²) in [5.74, 6) is 0.159. The third-order valence-corrected chi connectivity index (χ3v) is 7.00. The Balaban J connectivity index is 1.87. The molecule has 0 unspecified atom stereocenters. The molecule has 36 heavy (non-hydrogen) atoms. The number of nitrogens with zero attached hydrogens (tertiary/aromatic N) is 2. The average molecular weight is 509 g/mol. The van der Waals surface area contributed by atoms with E-state index in [9.17, 15) is 23.9 Å². The van der Waals surface area contributed by atoms with Crippen LogP contribution in [0.1, 0.15) is 50.5 Å². The van der Waals surface area contributed by atoms with Crippen LogP contribution < -0.4 is 10.6 Å². The summed E-state index contributed by atoms with van der Waals surface area (Å²) in [6.07, 6.45) is -0.113. The molecule has 0 spiro atoms. The average Bonchev–Trinajstić information content (AvgIpc) is 2.99. The quantitative estimate of drug-likeness (QED) is 0.248. The molecule has 1 aliphatic rings. The number of aliphatic hydroxyl groups excluding tert-OH is 1. The fraction of sp³-hybridized carbons (Fsp3) is 0.385. The summed E-state index contributed by atoms with van der Waals surface area (Å²) in [4.78, 5) is 39.2. The number of nitriles is 1. The van der Waals surface area contributed by atoms with Crippen molar-refractivity contribution in [2.75, 3.05) is 5.32 Å². The van der Waals surface area contributed by atoms with Crippen molar-refractivity contribution >= 4 is 31.4 Å². The molecule has 0 saturated heterocycles. The van der Waals surface area contributed by atoms with E-state index >= 15 is 0 Å². The van der Waals surface area contributed by atoms with Crippen LogP contribution in [-0.2, 0) is 11.8 Å². The lowest BCUT2D eigenvalue weighted by Gasteiger charge is -2.42. The van der Waals surface area contributed by atoms with Crippen molar-refractivity contribution in [3.63, 3.8) is 0 Å². The highest BCUT2D eigenvalue weighted by molar-refractivity contribution is 6.83. The van der Waals surface area contributed by atoms with Crippen molar-refractivity contribution in [2.24, 2.45) is 7.05 Å². The van der Waals surface area contributed by atoms with Crippen molar-refractivity contribution in [1.82, 2.24) is 9.88 Å². The first-order chi connectivity index (χ1) is 16.7. The fourth-order valence-electron chi connectivity index (χ4n) is 4.19. The van der Waals surface area contributed by atoms with Gasteiger partial charge in [0.15, 0.2) is 0 Å². The molecule has 2 amide bonds. The number of nitrogens with one attached hydrogen (secondary N) is 2. The lowest BCUT2D eigenvalue weighted by Crippen LogP contribution is -2.60. The Kier molecular flexibility index (Phi) is 7.26. The SMILES string of the molecule is Cc1c(C(=O)C(=O)NC2(C#C[Si](C)(C)C)CC(O)C2)c(C)n(C)c1C(=O)Nc1ccc(F)c(C#N)c1. The summed E-state index contributed by atoms with van der Waals surface area (Å²) < 4.78 is 15.1. The van der Waals surface area contributed by atoms with Crippen molar-refractivity contribution in [3.05, 3.63) is 52.1 Å². The van der Waals surface area contributed by atoms with Gasteiger partial charge in [-0.15, -0.1) is 5.54 Å². The van der Waals surface area contributed by atoms with E-state index in [0.29, 0.717) is 11.3 Å². The zero-order valence-corrected chi connectivity index (χ0v) is 22.2. The van der Waals surface area contributed by atoms with E-state index in [1.807, 2.05) is 0 Å². The molecule has 0 radical (unpaired) electrons. The smallest absolute Gasteiger partial charge is 0.293 e. The first-order valence-corrected chi connectivity index (χ1v) is 14.9. The van der Waals surface area contributed by atoms with Gasteiger partial charge in [-0.3, -0.25) is 14.4 Å². The van der Waals surface area contributed by atoms with Gasteiger partial charge in [-0.25, -0.2) is 4.39 Å². The summed E-state index contributed by atoms with van der Waals surface area (Å²) in [5, 5.41) is 24.2. The number of carbonyl (C=O) groups excluding carboxylic acids is 3. The number of Topliss-reactive ketones (excluding diaryl/α,β-unsaturated/α-hetero) is 1. The highest BCUT2D eigenvalue weighted by atomic mass is 28.3. The number of rotatable bonds is 5. The molecule has 3 N–H and O–H groups in total. The number of hydrogen-bond acceptors (Lipinski definition) is 5. The molecule has 2 aromatic rings. The Morgan fingerprint density at radius 2 is 1.86 bits per heavy atom. The van der Waals surface area contributed by atoms with Crippen LogP contribution in [0.3, 0.4) is 0 Å². The summed E-state index contributed by atoms with van der Waals surface area (Å²) in [6.45, 7) is 9.38. The molecule has 10 heteroatoms. The second-order valence-corrected chi connectivity index (χ2v) is 14.9. The Labute approximate surface area is 210 Å². The maximum Gasteiger partial charge on any atom is 0.293 e. The van der Waals surface area contributed by atoms with E-state index in [1.165, 1.54) is 16.7 Å². The highest BCUT2D eigenvalue weighted by Gasteiger charge is 2.45. The van der Waals surface area contributed by atoms with Crippen molar-refractivity contribution in [1.29, 1.82) is 5.26 Å². The Morgan fingerprint density at radius 1 is 1.22 bits per heavy atom. The summed E-state index contributed by atoms with van der Waals surface area (Å²) in [5.41, 5.74) is 3.24. The van der Waals surface area contributed by atoms with Gasteiger partial charge in [-0.1, -0.05) is 25.6 Å². The van der Waals surface area contributed by atoms with Crippen LogP contribution >= 0.6 is 0 Å². The minimum atomic E-state index is -1.76. The minimum Gasteiger partial charge on any atom is -0.393 e. The first-order valence-electron chi connectivity index (χ1n) is 11.4. The van der Waals surface area contributed by atoms with Crippen LogP contribution in [0.5, 0.6) is 0 Å². The van der Waals surface area contributed by atoms with Gasteiger partial charge in [0.1, 0.15) is 31.2 Å². The Morgan fingerprint density at radius 3 is 2.42 bits per heavy atom. The Bertz CT molecular complexity index is 1370. The molecule has 1 aromatic heterocycles. The first kappa shape index (κ1) is 26.9. The molecule has 1 saturated carbocycles. The summed E-state index contributed by atoms with van der Waals surface area (Å²) in [7, 11) is -0.157. The zero-order valence-electron chi connectivity index (χ0n) is 21.2. The molecular weight excluding hydrogens is 479 g/mol. The van der Waals surface area contributed by atoms with E-state index in [2.05, 4.69) is 41.7 Å². The predicted molar refractivity (Wildman–Crippen MR) is 136 cm³/mol. The predicted octanol–water partition coefficient (Wildman–Crippen LogP) is 2.98. The molecule has 1 aromatic carbocycles. The monoisotopic (exact) mass is 508 g/mol. The summed E-state index contributed by atoms with van der Waals surface area (Å²) >= 11 is 0. The van der Waals surface area contributed by atoms with E-state index in [1.54, 1.807) is 27.0 Å². The maximum atomic E-state index is 13.6. The van der Waals surface area contributed by atoms with Crippen molar-refractivity contribution < 1.29 is 23.9 Å². The zero-order chi connectivity index (χ0) is 27.0. The largest absolute Gasteiger partial charge is 0.393 e. The second kappa shape index (κ2) is 9.73. The Hall–Kier alpha value is -3.73. The van der Waals surface area contributed by atoms with Crippen molar-refractivity contribution in [2.45, 2.75) is 58.0 Å². The molecule has 8 nitrogen and oxygen atoms in total. The molecular formula is C26H29FN4O4Si. The molecule has 1 heterocycles. The number of aliphatic hydroxyl groups is 1. The number of benzene rings is 1. The fourth-order valence-corrected chi connectivity index (χ4v) is 4.80. The van der Waals surface area contributed by atoms with Gasteiger partial charge in [-0.05, 0) is 37.6 Å². The van der Waals surface area contributed by atoms with Gasteiger partial charge in [0, 0.05) is 31.3 Å². The minimum absolute atomic E-state index is 0.102. The number of aromatic nitrogens is 1. The summed E-state index contributed by atoms with van der Waals surface area (Å²) in [6, 6.07) is 5.33. The standard InChI is InChI=1S/C26H29FN4O4Si/c1-15-21(23(33)25(35)30-26(12-19(32)13-26)9-10-36(4,5)6)16(2)31(3)22(15)24(34)29-18-7-8-20(27)17(11-18)14-28/h7-8,11,19,32H,12-13H2,1-6H3,(H,29,34)(H,30,35). The van der Waals surface area contributed by atoms with Crippen LogP contribution in [0, 0.1) is 42.5 Å². The normalized spacial score (nSPS) is 18.8. The molecule has 0 atom stereocenters. The van der Waals surface area contributed by atoms with Crippen LogP contribution in [0.25, 0.3) is 0 Å².